The third-order valence-electron chi connectivity index (χ3n) is 2.87. The highest BCUT2D eigenvalue weighted by Gasteiger charge is 2.10. The van der Waals surface area contributed by atoms with Gasteiger partial charge < -0.3 is 10.6 Å². The van der Waals surface area contributed by atoms with Crippen LogP contribution in [0.5, 0.6) is 0 Å². The monoisotopic (exact) mass is 288 g/mol. The topological polar surface area (TPSA) is 58.2 Å². The van der Waals surface area contributed by atoms with Crippen molar-refractivity contribution in [2.24, 2.45) is 0 Å². The summed E-state index contributed by atoms with van der Waals surface area (Å²) < 4.78 is 0. The number of rotatable bonds is 4. The smallest absolute Gasteiger partial charge is 0.319 e. The van der Waals surface area contributed by atoms with E-state index in [-0.39, 0.29) is 17.9 Å². The second kappa shape index (κ2) is 6.34. The summed E-state index contributed by atoms with van der Waals surface area (Å²) in [5.74, 6) is 0.00678. The summed E-state index contributed by atoms with van der Waals surface area (Å²) in [6, 6.07) is 10.5. The van der Waals surface area contributed by atoms with Crippen LogP contribution in [-0.2, 0) is 0 Å². The van der Waals surface area contributed by atoms with E-state index in [0.717, 1.165) is 4.88 Å². The van der Waals surface area contributed by atoms with Crippen LogP contribution in [0, 0.1) is 0 Å². The summed E-state index contributed by atoms with van der Waals surface area (Å²) in [6.07, 6.45) is 0. The van der Waals surface area contributed by atoms with Gasteiger partial charge in [0.05, 0.1) is 6.04 Å². The molecule has 0 bridgehead atoms. The van der Waals surface area contributed by atoms with E-state index < -0.39 is 0 Å². The van der Waals surface area contributed by atoms with Crippen molar-refractivity contribution in [3.05, 3.63) is 52.2 Å². The molecule has 104 valence electrons. The quantitative estimate of drug-likeness (QED) is 0.840. The fraction of sp³-hybridized carbons (Fsp3) is 0.200. The molecule has 0 radical (unpaired) electrons. The third kappa shape index (κ3) is 3.68. The van der Waals surface area contributed by atoms with Gasteiger partial charge in [0.15, 0.2) is 5.78 Å². The lowest BCUT2D eigenvalue weighted by atomic mass is 10.1. The Kier molecular flexibility index (Phi) is 4.53. The zero-order valence-corrected chi connectivity index (χ0v) is 12.2. The Bertz CT molecular complexity index is 591. The zero-order valence-electron chi connectivity index (χ0n) is 11.3. The van der Waals surface area contributed by atoms with Gasteiger partial charge in [-0.2, -0.15) is 0 Å². The van der Waals surface area contributed by atoms with Crippen LogP contribution in [0.1, 0.15) is 35.1 Å². The minimum absolute atomic E-state index is 0.00678. The fourth-order valence-corrected chi connectivity index (χ4v) is 2.50. The first-order valence-electron chi connectivity index (χ1n) is 6.28. The summed E-state index contributed by atoms with van der Waals surface area (Å²) in [6.45, 7) is 3.45. The molecule has 20 heavy (non-hydrogen) atoms. The lowest BCUT2D eigenvalue weighted by Gasteiger charge is -2.13. The molecule has 0 saturated carbocycles. The van der Waals surface area contributed by atoms with E-state index in [4.69, 9.17) is 0 Å². The number of benzene rings is 1. The highest BCUT2D eigenvalue weighted by Crippen LogP contribution is 2.18. The molecule has 4 nitrogen and oxygen atoms in total. The Labute approximate surface area is 121 Å². The standard InChI is InChI=1S/C15H16N2O2S/c1-10(14-4-3-9-20-14)16-15(19)17-13-7-5-12(6-8-13)11(2)18/h3-10H,1-2H3,(H2,16,17,19). The normalized spacial score (nSPS) is 11.7. The van der Waals surface area contributed by atoms with Crippen molar-refractivity contribution in [2.75, 3.05) is 5.32 Å². The van der Waals surface area contributed by atoms with E-state index in [2.05, 4.69) is 10.6 Å². The molecule has 5 heteroatoms. The Morgan fingerprint density at radius 2 is 1.85 bits per heavy atom. The number of carbonyl (C=O) groups is 2. The van der Waals surface area contributed by atoms with Crippen LogP contribution in [0.3, 0.4) is 0 Å². The number of hydrogen-bond donors (Lipinski definition) is 2. The minimum atomic E-state index is -0.263. The summed E-state index contributed by atoms with van der Waals surface area (Å²) >= 11 is 1.60. The molecule has 2 N–H and O–H groups in total. The number of hydrogen-bond acceptors (Lipinski definition) is 3. The molecule has 0 spiro atoms. The number of carbonyl (C=O) groups excluding carboxylic acids is 2. The fourth-order valence-electron chi connectivity index (χ4n) is 1.76. The number of amides is 2. The maximum absolute atomic E-state index is 11.9. The highest BCUT2D eigenvalue weighted by atomic mass is 32.1. The molecule has 1 unspecified atom stereocenters. The molecule has 0 aliphatic heterocycles. The van der Waals surface area contributed by atoms with Gasteiger partial charge in [-0.1, -0.05) is 6.07 Å². The SMILES string of the molecule is CC(=O)c1ccc(NC(=O)NC(C)c2cccs2)cc1. The van der Waals surface area contributed by atoms with Gasteiger partial charge in [0.2, 0.25) is 0 Å². The molecule has 1 heterocycles. The number of ketones is 1. The molecular formula is C15H16N2O2S. The molecule has 0 fully saturated rings. The van der Waals surface area contributed by atoms with Crippen molar-refractivity contribution < 1.29 is 9.59 Å². The second-order valence-corrected chi connectivity index (χ2v) is 5.45. The van der Waals surface area contributed by atoms with Crippen molar-refractivity contribution in [3.63, 3.8) is 0 Å². The van der Waals surface area contributed by atoms with Crippen molar-refractivity contribution >= 4 is 28.8 Å². The largest absolute Gasteiger partial charge is 0.331 e. The second-order valence-electron chi connectivity index (χ2n) is 4.47. The van der Waals surface area contributed by atoms with Crippen LogP contribution in [0.4, 0.5) is 10.5 Å². The molecule has 0 aliphatic carbocycles. The van der Waals surface area contributed by atoms with E-state index >= 15 is 0 Å². The van der Waals surface area contributed by atoms with Gasteiger partial charge in [-0.25, -0.2) is 4.79 Å². The third-order valence-corrected chi connectivity index (χ3v) is 3.92. The average molecular weight is 288 g/mol. The van der Waals surface area contributed by atoms with Crippen molar-refractivity contribution in [1.82, 2.24) is 5.32 Å². The molecule has 1 atom stereocenters. The van der Waals surface area contributed by atoms with Gasteiger partial charge in [0, 0.05) is 16.1 Å². The maximum atomic E-state index is 11.9. The molecule has 2 amide bonds. The summed E-state index contributed by atoms with van der Waals surface area (Å²) in [4.78, 5) is 24.1. The highest BCUT2D eigenvalue weighted by molar-refractivity contribution is 7.10. The molecule has 2 aromatic rings. The van der Waals surface area contributed by atoms with Gasteiger partial charge in [0.25, 0.3) is 0 Å². The van der Waals surface area contributed by atoms with Crippen molar-refractivity contribution in [3.8, 4) is 0 Å². The van der Waals surface area contributed by atoms with Crippen LogP contribution in [0.25, 0.3) is 0 Å². The van der Waals surface area contributed by atoms with Crippen molar-refractivity contribution in [1.29, 1.82) is 0 Å². The predicted molar refractivity (Wildman–Crippen MR) is 81.3 cm³/mol. The number of thiophene rings is 1. The molecule has 0 aliphatic rings. The first-order valence-corrected chi connectivity index (χ1v) is 7.16. The van der Waals surface area contributed by atoms with Crippen LogP contribution in [-0.4, -0.2) is 11.8 Å². The number of nitrogens with one attached hydrogen (secondary N) is 2. The number of urea groups is 1. The number of anilines is 1. The Hall–Kier alpha value is -2.14. The Morgan fingerprint density at radius 3 is 2.40 bits per heavy atom. The summed E-state index contributed by atoms with van der Waals surface area (Å²) in [7, 11) is 0. The molecule has 1 aromatic heterocycles. The van der Waals surface area contributed by atoms with Crippen LogP contribution in [0.2, 0.25) is 0 Å². The van der Waals surface area contributed by atoms with Crippen LogP contribution >= 0.6 is 11.3 Å². The van der Waals surface area contributed by atoms with Gasteiger partial charge in [0.1, 0.15) is 0 Å². The summed E-state index contributed by atoms with van der Waals surface area (Å²) in [5.41, 5.74) is 1.29. The van der Waals surface area contributed by atoms with E-state index in [1.807, 2.05) is 24.4 Å². The molecule has 0 saturated heterocycles. The van der Waals surface area contributed by atoms with Gasteiger partial charge in [-0.05, 0) is 49.6 Å². The van der Waals surface area contributed by atoms with E-state index in [1.165, 1.54) is 6.92 Å². The molecule has 1 aromatic carbocycles. The van der Waals surface area contributed by atoms with Gasteiger partial charge in [-0.15, -0.1) is 11.3 Å². The zero-order chi connectivity index (χ0) is 14.5. The van der Waals surface area contributed by atoms with Gasteiger partial charge in [-0.3, -0.25) is 4.79 Å². The lowest BCUT2D eigenvalue weighted by molar-refractivity contribution is 0.101. The minimum Gasteiger partial charge on any atom is -0.331 e. The lowest BCUT2D eigenvalue weighted by Crippen LogP contribution is -2.30. The van der Waals surface area contributed by atoms with Crippen molar-refractivity contribution in [2.45, 2.75) is 19.9 Å². The van der Waals surface area contributed by atoms with Crippen LogP contribution in [0.15, 0.2) is 41.8 Å². The molecular weight excluding hydrogens is 272 g/mol. The first-order chi connectivity index (χ1) is 9.56. The van der Waals surface area contributed by atoms with E-state index in [9.17, 15) is 9.59 Å². The maximum Gasteiger partial charge on any atom is 0.319 e. The Balaban J connectivity index is 1.92. The van der Waals surface area contributed by atoms with E-state index in [1.54, 1.807) is 35.6 Å². The summed E-state index contributed by atoms with van der Waals surface area (Å²) in [5, 5.41) is 7.58. The average Bonchev–Trinajstić information content (AvgIpc) is 2.93. The molecule has 2 rings (SSSR count). The van der Waals surface area contributed by atoms with Crippen LogP contribution < -0.4 is 10.6 Å². The van der Waals surface area contributed by atoms with Gasteiger partial charge >= 0.3 is 6.03 Å². The first kappa shape index (κ1) is 14.3. The number of Topliss-reactive ketones (excluding diaryl/α,β-unsaturated/α-hetero) is 1. The van der Waals surface area contributed by atoms with E-state index in [0.29, 0.717) is 11.3 Å². The predicted octanol–water partition coefficient (Wildman–Crippen LogP) is 3.83. The Morgan fingerprint density at radius 1 is 1.15 bits per heavy atom.